The second-order valence-electron chi connectivity index (χ2n) is 4.73. The van der Waals surface area contributed by atoms with Crippen molar-refractivity contribution >= 4 is 11.0 Å². The van der Waals surface area contributed by atoms with E-state index in [9.17, 15) is 4.39 Å². The number of halogens is 1. The number of rotatable bonds is 4. The van der Waals surface area contributed by atoms with Gasteiger partial charge in [-0.2, -0.15) is 0 Å². The van der Waals surface area contributed by atoms with Crippen LogP contribution in [0.1, 0.15) is 24.1 Å². The Balaban J connectivity index is 2.11. The number of benzene rings is 2. The minimum Gasteiger partial charge on any atom is -0.464 e. The molecule has 1 unspecified atom stereocenters. The Morgan fingerprint density at radius 3 is 2.80 bits per heavy atom. The maximum absolute atomic E-state index is 13.5. The van der Waals surface area contributed by atoms with Crippen LogP contribution in [-0.2, 0) is 0 Å². The summed E-state index contributed by atoms with van der Waals surface area (Å²) in [6, 6.07) is 14.5. The molecule has 0 fully saturated rings. The molecule has 1 aromatic heterocycles. The highest BCUT2D eigenvalue weighted by atomic mass is 19.1. The molecule has 1 heterocycles. The van der Waals surface area contributed by atoms with E-state index in [4.69, 9.17) is 4.42 Å². The maximum Gasteiger partial charge on any atom is 0.134 e. The van der Waals surface area contributed by atoms with Crippen molar-refractivity contribution in [3.05, 3.63) is 71.7 Å². The number of fused-ring (bicyclic) bond motifs is 1. The lowest BCUT2D eigenvalue weighted by Gasteiger charge is -2.17. The molecule has 0 aliphatic carbocycles. The SMILES string of the molecule is CCNC(c1cccc(F)c1)c1coc2ccccc12. The summed E-state index contributed by atoms with van der Waals surface area (Å²) in [5.74, 6) is -0.224. The molecule has 3 rings (SSSR count). The van der Waals surface area contributed by atoms with Crippen LogP contribution in [0.3, 0.4) is 0 Å². The van der Waals surface area contributed by atoms with E-state index in [1.54, 1.807) is 18.4 Å². The standard InChI is InChI=1S/C17H16FNO/c1-2-19-17(12-6-5-7-13(18)10-12)15-11-20-16-9-4-3-8-14(15)16/h3-11,17,19H,2H2,1H3. The van der Waals surface area contributed by atoms with Crippen LogP contribution < -0.4 is 5.32 Å². The number of furan rings is 1. The molecule has 1 atom stereocenters. The smallest absolute Gasteiger partial charge is 0.134 e. The zero-order valence-electron chi connectivity index (χ0n) is 11.3. The molecule has 2 nitrogen and oxygen atoms in total. The van der Waals surface area contributed by atoms with Gasteiger partial charge >= 0.3 is 0 Å². The van der Waals surface area contributed by atoms with Gasteiger partial charge in [0.1, 0.15) is 11.4 Å². The summed E-state index contributed by atoms with van der Waals surface area (Å²) in [6.07, 6.45) is 1.75. The molecular weight excluding hydrogens is 253 g/mol. The summed E-state index contributed by atoms with van der Waals surface area (Å²) in [6.45, 7) is 2.83. The van der Waals surface area contributed by atoms with E-state index >= 15 is 0 Å². The van der Waals surface area contributed by atoms with Gasteiger partial charge in [-0.1, -0.05) is 37.3 Å². The van der Waals surface area contributed by atoms with Gasteiger partial charge in [0, 0.05) is 10.9 Å². The molecule has 102 valence electrons. The van der Waals surface area contributed by atoms with Gasteiger partial charge in [-0.05, 0) is 30.3 Å². The summed E-state index contributed by atoms with van der Waals surface area (Å²) in [7, 11) is 0. The summed E-state index contributed by atoms with van der Waals surface area (Å²) in [4.78, 5) is 0. The first-order valence-electron chi connectivity index (χ1n) is 6.74. The number of hydrogen-bond acceptors (Lipinski definition) is 2. The molecule has 0 radical (unpaired) electrons. The van der Waals surface area contributed by atoms with Crippen molar-refractivity contribution < 1.29 is 8.81 Å². The number of hydrogen-bond donors (Lipinski definition) is 1. The Hall–Kier alpha value is -2.13. The fourth-order valence-electron chi connectivity index (χ4n) is 2.52. The molecule has 2 aromatic carbocycles. The van der Waals surface area contributed by atoms with Gasteiger partial charge in [0.25, 0.3) is 0 Å². The number of nitrogens with one attached hydrogen (secondary N) is 1. The predicted molar refractivity (Wildman–Crippen MR) is 78.1 cm³/mol. The van der Waals surface area contributed by atoms with Crippen molar-refractivity contribution in [1.82, 2.24) is 5.32 Å². The molecule has 0 bridgehead atoms. The lowest BCUT2D eigenvalue weighted by molar-refractivity contribution is 0.579. The van der Waals surface area contributed by atoms with E-state index in [1.165, 1.54) is 6.07 Å². The van der Waals surface area contributed by atoms with E-state index in [1.807, 2.05) is 37.3 Å². The summed E-state index contributed by atoms with van der Waals surface area (Å²) in [5, 5.41) is 4.45. The Morgan fingerprint density at radius 2 is 2.00 bits per heavy atom. The summed E-state index contributed by atoms with van der Waals surface area (Å²) < 4.78 is 19.1. The average molecular weight is 269 g/mol. The second kappa shape index (κ2) is 5.47. The summed E-state index contributed by atoms with van der Waals surface area (Å²) >= 11 is 0. The monoisotopic (exact) mass is 269 g/mol. The Kier molecular flexibility index (Phi) is 3.52. The average Bonchev–Trinajstić information content (AvgIpc) is 2.88. The van der Waals surface area contributed by atoms with E-state index in [0.29, 0.717) is 0 Å². The fourth-order valence-corrected chi connectivity index (χ4v) is 2.52. The summed E-state index contributed by atoms with van der Waals surface area (Å²) in [5.41, 5.74) is 2.79. The molecule has 20 heavy (non-hydrogen) atoms. The van der Waals surface area contributed by atoms with Crippen molar-refractivity contribution in [1.29, 1.82) is 0 Å². The maximum atomic E-state index is 13.5. The third-order valence-electron chi connectivity index (χ3n) is 3.41. The van der Waals surface area contributed by atoms with Crippen LogP contribution in [-0.4, -0.2) is 6.54 Å². The van der Waals surface area contributed by atoms with Crippen LogP contribution >= 0.6 is 0 Å². The lowest BCUT2D eigenvalue weighted by atomic mass is 9.98. The minimum atomic E-state index is -0.224. The van der Waals surface area contributed by atoms with E-state index in [2.05, 4.69) is 5.32 Å². The first kappa shape index (κ1) is 12.9. The minimum absolute atomic E-state index is 0.0700. The van der Waals surface area contributed by atoms with Gasteiger partial charge in [-0.15, -0.1) is 0 Å². The van der Waals surface area contributed by atoms with Gasteiger partial charge in [-0.25, -0.2) is 4.39 Å². The fraction of sp³-hybridized carbons (Fsp3) is 0.176. The van der Waals surface area contributed by atoms with Crippen LogP contribution in [0.4, 0.5) is 4.39 Å². The van der Waals surface area contributed by atoms with Crippen LogP contribution in [0, 0.1) is 5.82 Å². The molecule has 3 aromatic rings. The largest absolute Gasteiger partial charge is 0.464 e. The second-order valence-corrected chi connectivity index (χ2v) is 4.73. The van der Waals surface area contributed by atoms with Crippen molar-refractivity contribution in [2.45, 2.75) is 13.0 Å². The third-order valence-corrected chi connectivity index (χ3v) is 3.41. The van der Waals surface area contributed by atoms with E-state index in [-0.39, 0.29) is 11.9 Å². The van der Waals surface area contributed by atoms with E-state index < -0.39 is 0 Å². The van der Waals surface area contributed by atoms with Crippen LogP contribution in [0.15, 0.2) is 59.2 Å². The molecule has 0 saturated carbocycles. The molecule has 0 amide bonds. The molecule has 0 saturated heterocycles. The Morgan fingerprint density at radius 1 is 1.15 bits per heavy atom. The van der Waals surface area contributed by atoms with Crippen LogP contribution in [0.25, 0.3) is 11.0 Å². The third kappa shape index (κ3) is 2.32. The van der Waals surface area contributed by atoms with Crippen molar-refractivity contribution in [2.75, 3.05) is 6.54 Å². The molecule has 1 N–H and O–H groups in total. The van der Waals surface area contributed by atoms with E-state index in [0.717, 1.165) is 28.6 Å². The highest BCUT2D eigenvalue weighted by Crippen LogP contribution is 2.30. The normalized spacial score (nSPS) is 12.7. The van der Waals surface area contributed by atoms with Gasteiger partial charge in [0.05, 0.1) is 12.3 Å². The highest BCUT2D eigenvalue weighted by molar-refractivity contribution is 5.81. The molecular formula is C17H16FNO. The van der Waals surface area contributed by atoms with Gasteiger partial charge in [0.15, 0.2) is 0 Å². The zero-order chi connectivity index (χ0) is 13.9. The van der Waals surface area contributed by atoms with Gasteiger partial charge < -0.3 is 9.73 Å². The van der Waals surface area contributed by atoms with Crippen molar-refractivity contribution in [3.63, 3.8) is 0 Å². The zero-order valence-corrected chi connectivity index (χ0v) is 11.3. The number of para-hydroxylation sites is 1. The van der Waals surface area contributed by atoms with Gasteiger partial charge in [0.2, 0.25) is 0 Å². The van der Waals surface area contributed by atoms with Crippen molar-refractivity contribution in [3.8, 4) is 0 Å². The first-order chi connectivity index (χ1) is 9.79. The molecule has 0 aliphatic rings. The Bertz CT molecular complexity index is 720. The van der Waals surface area contributed by atoms with Gasteiger partial charge in [-0.3, -0.25) is 0 Å². The Labute approximate surface area is 117 Å². The van der Waals surface area contributed by atoms with Crippen LogP contribution in [0.2, 0.25) is 0 Å². The predicted octanol–water partition coefficient (Wildman–Crippen LogP) is 4.27. The molecule has 0 spiro atoms. The lowest BCUT2D eigenvalue weighted by Crippen LogP contribution is -2.21. The highest BCUT2D eigenvalue weighted by Gasteiger charge is 2.18. The first-order valence-corrected chi connectivity index (χ1v) is 6.74. The van der Waals surface area contributed by atoms with Crippen molar-refractivity contribution in [2.24, 2.45) is 0 Å². The molecule has 0 aliphatic heterocycles. The van der Waals surface area contributed by atoms with Crippen LogP contribution in [0.5, 0.6) is 0 Å². The molecule has 3 heteroatoms. The quantitative estimate of drug-likeness (QED) is 0.765. The topological polar surface area (TPSA) is 25.2 Å².